The normalized spacial score (nSPS) is 24.8. The van der Waals surface area contributed by atoms with Crippen molar-refractivity contribution in [2.24, 2.45) is 5.92 Å². The molecular formula is C17H28N2O2. The molecule has 1 saturated heterocycles. The first-order valence-electron chi connectivity index (χ1n) is 7.73. The van der Waals surface area contributed by atoms with E-state index in [1.807, 2.05) is 6.07 Å². The van der Waals surface area contributed by atoms with E-state index in [1.165, 1.54) is 0 Å². The fourth-order valence-electron chi connectivity index (χ4n) is 3.62. The van der Waals surface area contributed by atoms with Crippen LogP contribution >= 0.6 is 0 Å². The summed E-state index contributed by atoms with van der Waals surface area (Å²) in [7, 11) is 1.68. The molecule has 0 bridgehead atoms. The zero-order valence-corrected chi connectivity index (χ0v) is 14.1. The number of hydrogen-bond acceptors (Lipinski definition) is 4. The lowest BCUT2D eigenvalue weighted by Crippen LogP contribution is -2.38. The predicted octanol–water partition coefficient (Wildman–Crippen LogP) is 3.33. The van der Waals surface area contributed by atoms with Gasteiger partial charge >= 0.3 is 0 Å². The van der Waals surface area contributed by atoms with Gasteiger partial charge < -0.3 is 14.8 Å². The summed E-state index contributed by atoms with van der Waals surface area (Å²) in [5.41, 5.74) is 0.829. The number of hydrogen-bond donors (Lipinski definition) is 1. The van der Waals surface area contributed by atoms with Crippen molar-refractivity contribution in [1.82, 2.24) is 10.3 Å². The Labute approximate surface area is 128 Å². The molecule has 21 heavy (non-hydrogen) atoms. The molecule has 1 aliphatic rings. The van der Waals surface area contributed by atoms with Crippen molar-refractivity contribution >= 4 is 0 Å². The molecule has 2 unspecified atom stereocenters. The van der Waals surface area contributed by atoms with Crippen LogP contribution in [0.3, 0.4) is 0 Å². The molecule has 4 nitrogen and oxygen atoms in total. The van der Waals surface area contributed by atoms with Crippen LogP contribution in [-0.2, 0) is 4.74 Å². The van der Waals surface area contributed by atoms with Gasteiger partial charge in [0.2, 0.25) is 5.88 Å². The van der Waals surface area contributed by atoms with Crippen LogP contribution in [-0.4, -0.2) is 29.8 Å². The first-order chi connectivity index (χ1) is 9.80. The molecule has 1 aromatic heterocycles. The van der Waals surface area contributed by atoms with E-state index >= 15 is 0 Å². The molecule has 0 spiro atoms. The van der Waals surface area contributed by atoms with Crippen molar-refractivity contribution in [2.75, 3.05) is 13.7 Å². The van der Waals surface area contributed by atoms with Gasteiger partial charge in [0.05, 0.1) is 18.3 Å². The van der Waals surface area contributed by atoms with Crippen LogP contribution in [0.4, 0.5) is 0 Å². The van der Waals surface area contributed by atoms with E-state index in [9.17, 15) is 0 Å². The van der Waals surface area contributed by atoms with E-state index in [0.29, 0.717) is 11.8 Å². The number of rotatable bonds is 5. The Balaban J connectivity index is 2.39. The number of nitrogens with zero attached hydrogens (tertiary/aromatic N) is 1. The van der Waals surface area contributed by atoms with Gasteiger partial charge in [-0.2, -0.15) is 0 Å². The number of pyridine rings is 1. The quantitative estimate of drug-likeness (QED) is 0.904. The second kappa shape index (κ2) is 5.93. The Kier molecular flexibility index (Phi) is 4.59. The summed E-state index contributed by atoms with van der Waals surface area (Å²) in [6.45, 7) is 11.7. The molecule has 0 radical (unpaired) electrons. The Morgan fingerprint density at radius 3 is 2.67 bits per heavy atom. The third kappa shape index (κ3) is 3.38. The molecule has 0 aromatic carbocycles. The van der Waals surface area contributed by atoms with E-state index in [-0.39, 0.29) is 17.2 Å². The Morgan fingerprint density at radius 2 is 2.14 bits per heavy atom. The van der Waals surface area contributed by atoms with Gasteiger partial charge in [0.25, 0.3) is 0 Å². The summed E-state index contributed by atoms with van der Waals surface area (Å²) < 4.78 is 11.7. The predicted molar refractivity (Wildman–Crippen MR) is 84.6 cm³/mol. The maximum Gasteiger partial charge on any atom is 0.217 e. The monoisotopic (exact) mass is 292 g/mol. The molecule has 1 aromatic rings. The van der Waals surface area contributed by atoms with E-state index in [4.69, 9.17) is 9.47 Å². The first-order valence-corrected chi connectivity index (χ1v) is 7.73. The lowest BCUT2D eigenvalue weighted by Gasteiger charge is -2.34. The minimum Gasteiger partial charge on any atom is -0.481 e. The summed E-state index contributed by atoms with van der Waals surface area (Å²) in [6.07, 6.45) is 2.78. The third-order valence-corrected chi connectivity index (χ3v) is 4.30. The lowest BCUT2D eigenvalue weighted by molar-refractivity contribution is -0.0778. The minimum atomic E-state index is -0.183. The molecule has 118 valence electrons. The molecule has 0 amide bonds. The molecule has 1 fully saturated rings. The molecule has 2 atom stereocenters. The minimum absolute atomic E-state index is 0.0999. The summed E-state index contributed by atoms with van der Waals surface area (Å²) in [5, 5.41) is 3.61. The van der Waals surface area contributed by atoms with Gasteiger partial charge in [0.1, 0.15) is 0 Å². The van der Waals surface area contributed by atoms with Gasteiger partial charge in [0, 0.05) is 23.7 Å². The fourth-order valence-corrected chi connectivity index (χ4v) is 3.62. The molecular weight excluding hydrogens is 264 g/mol. The van der Waals surface area contributed by atoms with E-state index < -0.39 is 0 Å². The van der Waals surface area contributed by atoms with Crippen LogP contribution < -0.4 is 10.1 Å². The summed E-state index contributed by atoms with van der Waals surface area (Å²) >= 11 is 0. The summed E-state index contributed by atoms with van der Waals surface area (Å²) in [6, 6.07) is 4.24. The molecule has 4 heteroatoms. The zero-order chi connectivity index (χ0) is 15.7. The number of ether oxygens (including phenoxy) is 2. The van der Waals surface area contributed by atoms with Crippen molar-refractivity contribution < 1.29 is 9.47 Å². The van der Waals surface area contributed by atoms with Gasteiger partial charge in [0.15, 0.2) is 0 Å². The van der Waals surface area contributed by atoms with E-state index in [2.05, 4.69) is 51.0 Å². The molecule has 1 N–H and O–H groups in total. The average molecular weight is 292 g/mol. The van der Waals surface area contributed by atoms with E-state index in [1.54, 1.807) is 13.3 Å². The first kappa shape index (κ1) is 16.2. The highest BCUT2D eigenvalue weighted by molar-refractivity contribution is 5.30. The third-order valence-electron chi connectivity index (χ3n) is 4.30. The highest BCUT2D eigenvalue weighted by atomic mass is 16.5. The van der Waals surface area contributed by atoms with Gasteiger partial charge in [-0.1, -0.05) is 13.0 Å². The maximum atomic E-state index is 6.27. The molecule has 2 rings (SSSR count). The average Bonchev–Trinajstić information content (AvgIpc) is 2.64. The molecule has 2 heterocycles. The van der Waals surface area contributed by atoms with Gasteiger partial charge in [-0.3, -0.25) is 0 Å². The van der Waals surface area contributed by atoms with Gasteiger partial charge in [-0.25, -0.2) is 4.98 Å². The second-order valence-corrected chi connectivity index (χ2v) is 6.91. The lowest BCUT2D eigenvalue weighted by atomic mass is 9.79. The smallest absolute Gasteiger partial charge is 0.217 e. The zero-order valence-electron chi connectivity index (χ0n) is 14.1. The largest absolute Gasteiger partial charge is 0.481 e. The molecule has 0 aliphatic carbocycles. The van der Waals surface area contributed by atoms with Crippen molar-refractivity contribution in [1.29, 1.82) is 0 Å². The van der Waals surface area contributed by atoms with Crippen molar-refractivity contribution in [3.8, 4) is 5.88 Å². The van der Waals surface area contributed by atoms with Crippen LogP contribution in [0.1, 0.15) is 52.6 Å². The topological polar surface area (TPSA) is 43.4 Å². The van der Waals surface area contributed by atoms with Crippen LogP contribution in [0.5, 0.6) is 5.88 Å². The summed E-state index contributed by atoms with van der Waals surface area (Å²) in [5.74, 6) is 1.06. The van der Waals surface area contributed by atoms with Crippen molar-refractivity contribution in [3.05, 3.63) is 23.9 Å². The number of methoxy groups -OCH3 is 1. The van der Waals surface area contributed by atoms with Crippen LogP contribution in [0.15, 0.2) is 18.3 Å². The molecule has 0 saturated carbocycles. The Hall–Kier alpha value is -1.13. The maximum absolute atomic E-state index is 6.27. The fraction of sp³-hybridized carbons (Fsp3) is 0.706. The highest BCUT2D eigenvalue weighted by Gasteiger charge is 2.49. The van der Waals surface area contributed by atoms with Crippen molar-refractivity contribution in [2.45, 2.75) is 58.3 Å². The number of nitrogens with one attached hydrogen (secondary N) is 1. The highest BCUT2D eigenvalue weighted by Crippen LogP contribution is 2.48. The Bertz CT molecular complexity index is 485. The van der Waals surface area contributed by atoms with Gasteiger partial charge in [-0.15, -0.1) is 0 Å². The van der Waals surface area contributed by atoms with Crippen molar-refractivity contribution in [3.63, 3.8) is 0 Å². The standard InChI is InChI=1S/C17H28N2O2/c1-7-18-14(12-9-8-10-19-15(12)20-6)13-11-16(2,3)21-17(13,4)5/h8-10,13-14,18H,7,11H2,1-6H3. The van der Waals surface area contributed by atoms with Crippen LogP contribution in [0, 0.1) is 5.92 Å². The summed E-state index contributed by atoms with van der Waals surface area (Å²) in [4.78, 5) is 4.35. The van der Waals surface area contributed by atoms with Crippen LogP contribution in [0.25, 0.3) is 0 Å². The Morgan fingerprint density at radius 1 is 1.43 bits per heavy atom. The SMILES string of the molecule is CCNC(c1cccnc1OC)C1CC(C)(C)OC1(C)C. The molecule has 1 aliphatic heterocycles. The second-order valence-electron chi connectivity index (χ2n) is 6.91. The van der Waals surface area contributed by atoms with Gasteiger partial charge in [-0.05, 0) is 46.7 Å². The number of aromatic nitrogens is 1. The van der Waals surface area contributed by atoms with Crippen LogP contribution in [0.2, 0.25) is 0 Å². The van der Waals surface area contributed by atoms with E-state index in [0.717, 1.165) is 18.5 Å².